The zero-order valence-electron chi connectivity index (χ0n) is 11.8. The molecule has 1 saturated heterocycles. The van der Waals surface area contributed by atoms with E-state index in [9.17, 15) is 9.90 Å². The van der Waals surface area contributed by atoms with Crippen molar-refractivity contribution in [2.75, 3.05) is 26.9 Å². The summed E-state index contributed by atoms with van der Waals surface area (Å²) in [6.45, 7) is 2.12. The fraction of sp³-hybridized carbons (Fsp3) is 0.533. The molecule has 2 unspecified atom stereocenters. The molecule has 1 N–H and O–H groups in total. The highest BCUT2D eigenvalue weighted by Crippen LogP contribution is 2.34. The van der Waals surface area contributed by atoms with Gasteiger partial charge in [-0.05, 0) is 24.7 Å². The summed E-state index contributed by atoms with van der Waals surface area (Å²) in [5, 5.41) is 9.26. The molecule has 0 spiro atoms. The molecule has 5 nitrogen and oxygen atoms in total. The van der Waals surface area contributed by atoms with Crippen LogP contribution in [0.5, 0.6) is 5.75 Å². The maximum absolute atomic E-state index is 11.3. The number of hydrogen-bond acceptors (Lipinski definition) is 4. The predicted molar refractivity (Wildman–Crippen MR) is 80.5 cm³/mol. The Kier molecular flexibility index (Phi) is 4.19. The van der Waals surface area contributed by atoms with Gasteiger partial charge in [0.05, 0.1) is 25.7 Å². The van der Waals surface area contributed by atoms with Crippen LogP contribution in [0.25, 0.3) is 0 Å². The third-order valence-corrected chi connectivity index (χ3v) is 4.64. The SMILES string of the molecule is CN(Cc1cc(Br)cc2c1OCC2)C1COCC1C(=O)O. The molecule has 114 valence electrons. The summed E-state index contributed by atoms with van der Waals surface area (Å²) in [6, 6.07) is 4.04. The van der Waals surface area contributed by atoms with Gasteiger partial charge in [-0.15, -0.1) is 0 Å². The highest BCUT2D eigenvalue weighted by atomic mass is 79.9. The molecule has 1 aromatic carbocycles. The van der Waals surface area contributed by atoms with Crippen LogP contribution >= 0.6 is 15.9 Å². The van der Waals surface area contributed by atoms with Crippen molar-refractivity contribution in [3.8, 4) is 5.75 Å². The third kappa shape index (κ3) is 2.93. The van der Waals surface area contributed by atoms with E-state index in [0.717, 1.165) is 22.2 Å². The molecule has 0 bridgehead atoms. The fourth-order valence-corrected chi connectivity index (χ4v) is 3.62. The third-order valence-electron chi connectivity index (χ3n) is 4.18. The van der Waals surface area contributed by atoms with Crippen LogP contribution in [0.15, 0.2) is 16.6 Å². The number of likely N-dealkylation sites (N-methyl/N-ethyl adjacent to an activating group) is 1. The number of nitrogens with zero attached hydrogens (tertiary/aromatic N) is 1. The molecule has 0 radical (unpaired) electrons. The maximum atomic E-state index is 11.3. The first-order chi connectivity index (χ1) is 10.1. The first-order valence-electron chi connectivity index (χ1n) is 7.01. The summed E-state index contributed by atoms with van der Waals surface area (Å²) in [6.07, 6.45) is 0.926. The standard InChI is InChI=1S/C15H18BrNO4/c1-17(13-8-20-7-12(13)15(18)19)6-10-5-11(16)4-9-2-3-21-14(9)10/h4-5,12-13H,2-3,6-8H2,1H3,(H,18,19). The molecular weight excluding hydrogens is 338 g/mol. The molecule has 0 amide bonds. The van der Waals surface area contributed by atoms with Gasteiger partial charge in [-0.1, -0.05) is 15.9 Å². The monoisotopic (exact) mass is 355 g/mol. The Bertz CT molecular complexity index is 563. The fourth-order valence-electron chi connectivity index (χ4n) is 3.06. The highest BCUT2D eigenvalue weighted by Gasteiger charge is 2.37. The number of benzene rings is 1. The van der Waals surface area contributed by atoms with E-state index >= 15 is 0 Å². The van der Waals surface area contributed by atoms with Gasteiger partial charge >= 0.3 is 5.97 Å². The topological polar surface area (TPSA) is 59.0 Å². The smallest absolute Gasteiger partial charge is 0.310 e. The number of carboxylic acids is 1. The van der Waals surface area contributed by atoms with Crippen LogP contribution in [-0.2, 0) is 22.5 Å². The number of aliphatic carboxylic acids is 1. The predicted octanol–water partition coefficient (Wildman–Crippen LogP) is 1.92. The van der Waals surface area contributed by atoms with Gasteiger partial charge in [0.2, 0.25) is 0 Å². The summed E-state index contributed by atoms with van der Waals surface area (Å²) < 4.78 is 12.1. The lowest BCUT2D eigenvalue weighted by Crippen LogP contribution is -2.40. The van der Waals surface area contributed by atoms with Crippen molar-refractivity contribution in [3.63, 3.8) is 0 Å². The van der Waals surface area contributed by atoms with E-state index in [2.05, 4.69) is 26.9 Å². The molecule has 2 atom stereocenters. The maximum Gasteiger partial charge on any atom is 0.310 e. The summed E-state index contributed by atoms with van der Waals surface area (Å²) in [5.41, 5.74) is 2.31. The average Bonchev–Trinajstić information content (AvgIpc) is 3.06. The van der Waals surface area contributed by atoms with Crippen molar-refractivity contribution in [3.05, 3.63) is 27.7 Å². The summed E-state index contributed by atoms with van der Waals surface area (Å²) in [4.78, 5) is 13.3. The summed E-state index contributed by atoms with van der Waals surface area (Å²) in [7, 11) is 1.94. The summed E-state index contributed by atoms with van der Waals surface area (Å²) in [5.74, 6) is -0.299. The van der Waals surface area contributed by atoms with Crippen molar-refractivity contribution in [1.82, 2.24) is 4.90 Å². The van der Waals surface area contributed by atoms with Crippen molar-refractivity contribution in [1.29, 1.82) is 0 Å². The first-order valence-corrected chi connectivity index (χ1v) is 7.80. The van der Waals surface area contributed by atoms with Gasteiger partial charge in [-0.3, -0.25) is 9.69 Å². The normalized spacial score (nSPS) is 24.1. The Morgan fingerprint density at radius 2 is 2.29 bits per heavy atom. The van der Waals surface area contributed by atoms with Gasteiger partial charge < -0.3 is 14.6 Å². The second kappa shape index (κ2) is 5.94. The molecule has 2 aliphatic rings. The quantitative estimate of drug-likeness (QED) is 0.893. The zero-order chi connectivity index (χ0) is 15.0. The number of carboxylic acid groups (broad SMARTS) is 1. The van der Waals surface area contributed by atoms with Gasteiger partial charge in [-0.2, -0.15) is 0 Å². The van der Waals surface area contributed by atoms with Crippen LogP contribution in [0.1, 0.15) is 11.1 Å². The minimum absolute atomic E-state index is 0.0986. The second-order valence-electron chi connectivity index (χ2n) is 5.62. The van der Waals surface area contributed by atoms with E-state index in [4.69, 9.17) is 9.47 Å². The Labute approximate surface area is 132 Å². The molecule has 0 aromatic heterocycles. The largest absolute Gasteiger partial charge is 0.493 e. The molecule has 3 rings (SSSR count). The van der Waals surface area contributed by atoms with Crippen molar-refractivity contribution < 1.29 is 19.4 Å². The van der Waals surface area contributed by atoms with E-state index in [1.54, 1.807) is 0 Å². The molecule has 21 heavy (non-hydrogen) atoms. The van der Waals surface area contributed by atoms with Crippen LogP contribution in [0.4, 0.5) is 0 Å². The van der Waals surface area contributed by atoms with E-state index in [1.807, 2.05) is 13.1 Å². The average molecular weight is 356 g/mol. The highest BCUT2D eigenvalue weighted by molar-refractivity contribution is 9.10. The minimum atomic E-state index is -0.792. The molecule has 1 aromatic rings. The molecule has 0 saturated carbocycles. The Hall–Kier alpha value is -1.11. The van der Waals surface area contributed by atoms with Crippen molar-refractivity contribution in [2.45, 2.75) is 19.0 Å². The molecule has 2 aliphatic heterocycles. The minimum Gasteiger partial charge on any atom is -0.493 e. The van der Waals surface area contributed by atoms with Crippen LogP contribution in [-0.4, -0.2) is 48.9 Å². The van der Waals surface area contributed by atoms with Gasteiger partial charge in [0.1, 0.15) is 5.75 Å². The van der Waals surface area contributed by atoms with Gasteiger partial charge in [-0.25, -0.2) is 0 Å². The van der Waals surface area contributed by atoms with Gasteiger partial charge in [0, 0.05) is 29.0 Å². The number of halogens is 1. The molecular formula is C15H18BrNO4. The lowest BCUT2D eigenvalue weighted by molar-refractivity contribution is -0.143. The Balaban J connectivity index is 1.79. The number of hydrogen-bond donors (Lipinski definition) is 1. The number of ether oxygens (including phenoxy) is 2. The Morgan fingerprint density at radius 1 is 1.48 bits per heavy atom. The van der Waals surface area contributed by atoms with Gasteiger partial charge in [0.15, 0.2) is 0 Å². The first kappa shape index (κ1) is 14.8. The van der Waals surface area contributed by atoms with Crippen LogP contribution in [0.2, 0.25) is 0 Å². The second-order valence-corrected chi connectivity index (χ2v) is 6.53. The van der Waals surface area contributed by atoms with E-state index in [-0.39, 0.29) is 12.6 Å². The lowest BCUT2D eigenvalue weighted by atomic mass is 10.0. The number of fused-ring (bicyclic) bond motifs is 1. The van der Waals surface area contributed by atoms with Crippen molar-refractivity contribution >= 4 is 21.9 Å². The van der Waals surface area contributed by atoms with Crippen LogP contribution in [0, 0.1) is 5.92 Å². The van der Waals surface area contributed by atoms with Crippen molar-refractivity contribution in [2.24, 2.45) is 5.92 Å². The van der Waals surface area contributed by atoms with E-state index in [1.165, 1.54) is 5.56 Å². The zero-order valence-corrected chi connectivity index (χ0v) is 13.4. The van der Waals surface area contributed by atoms with E-state index < -0.39 is 11.9 Å². The number of carbonyl (C=O) groups is 1. The molecule has 2 heterocycles. The molecule has 1 fully saturated rings. The number of rotatable bonds is 4. The van der Waals surface area contributed by atoms with Crippen LogP contribution in [0.3, 0.4) is 0 Å². The van der Waals surface area contributed by atoms with Gasteiger partial charge in [0.25, 0.3) is 0 Å². The van der Waals surface area contributed by atoms with Crippen LogP contribution < -0.4 is 4.74 Å². The molecule has 0 aliphatic carbocycles. The Morgan fingerprint density at radius 3 is 3.05 bits per heavy atom. The van der Waals surface area contributed by atoms with E-state index in [0.29, 0.717) is 19.8 Å². The molecule has 6 heteroatoms. The lowest BCUT2D eigenvalue weighted by Gasteiger charge is -2.26. The summed E-state index contributed by atoms with van der Waals surface area (Å²) >= 11 is 3.53.